The molecule has 0 atom stereocenters. The lowest BCUT2D eigenvalue weighted by Crippen LogP contribution is -1.96. The number of hydrogen-bond acceptors (Lipinski definition) is 4. The van der Waals surface area contributed by atoms with Crippen LogP contribution in [0.5, 0.6) is 0 Å². The summed E-state index contributed by atoms with van der Waals surface area (Å²) < 4.78 is 4.43. The minimum Gasteiger partial charge on any atom is -0.465 e. The Labute approximate surface area is 80.6 Å². The van der Waals surface area contributed by atoms with Gasteiger partial charge in [0.25, 0.3) is 0 Å². The predicted molar refractivity (Wildman–Crippen MR) is 47.9 cm³/mol. The van der Waals surface area contributed by atoms with Crippen molar-refractivity contribution < 1.29 is 9.53 Å². The Hall–Kier alpha value is -0.320. The van der Waals surface area contributed by atoms with Crippen LogP contribution in [0.4, 0.5) is 0 Å². The zero-order valence-electron chi connectivity index (χ0n) is 5.64. The maximum atomic E-state index is 10.6. The van der Waals surface area contributed by atoms with E-state index < -0.39 is 0 Å². The number of hydrogen-bond donors (Lipinski definition) is 0. The van der Waals surface area contributed by atoms with Crippen LogP contribution in [0.3, 0.4) is 0 Å². The predicted octanol–water partition coefficient (Wildman–Crippen LogP) is 1.77. The van der Waals surface area contributed by atoms with Gasteiger partial charge in [0.05, 0.1) is 18.8 Å². The number of esters is 1. The summed E-state index contributed by atoms with van der Waals surface area (Å²) in [6.07, 6.45) is 1.48. The molecule has 0 fully saturated rings. The fraction of sp³-hybridized carbons (Fsp3) is 0.200. The van der Waals surface area contributed by atoms with Crippen LogP contribution in [-0.4, -0.2) is 18.1 Å². The molecule has 0 aliphatic carbocycles. The third-order valence-electron chi connectivity index (χ3n) is 0.819. The largest absolute Gasteiger partial charge is 0.465 e. The Morgan fingerprint density at radius 3 is 2.64 bits per heavy atom. The smallest absolute Gasteiger partial charge is 0.349 e. The van der Waals surface area contributed by atoms with Crippen LogP contribution in [0, 0.1) is 0 Å². The molecule has 11 heavy (non-hydrogen) atoms. The molecule has 0 N–H and O–H groups in total. The molecular weight excluding hydrogens is 209 g/mol. The van der Waals surface area contributed by atoms with Crippen molar-refractivity contribution >= 4 is 42.1 Å². The molecule has 0 aliphatic rings. The highest BCUT2D eigenvalue weighted by atomic mass is 35.5. The number of aromatic nitrogens is 1. The minimum atomic E-state index is -0.322. The number of carbonyl (C=O) groups excluding carboxylic acids is 1. The molecule has 1 aromatic rings. The van der Waals surface area contributed by atoms with Crippen LogP contribution in [0.25, 0.3) is 0 Å². The Kier molecular flexibility index (Phi) is 7.72. The van der Waals surface area contributed by atoms with Crippen LogP contribution in [0.2, 0.25) is 0 Å². The standard InChI is InChI=1S/C5H5NO2S.2ClH/c1-8-5(7)4-2-6-3-9-4;;/h2-3H,1H3;2*1H. The highest BCUT2D eigenvalue weighted by Gasteiger charge is 2.04. The van der Waals surface area contributed by atoms with Crippen molar-refractivity contribution in [2.75, 3.05) is 7.11 Å². The highest BCUT2D eigenvalue weighted by Crippen LogP contribution is 2.05. The molecule has 0 radical (unpaired) electrons. The number of methoxy groups -OCH3 is 1. The van der Waals surface area contributed by atoms with Gasteiger partial charge in [0.1, 0.15) is 4.88 Å². The van der Waals surface area contributed by atoms with E-state index in [0.29, 0.717) is 4.88 Å². The minimum absolute atomic E-state index is 0. The number of nitrogens with zero attached hydrogens (tertiary/aromatic N) is 1. The van der Waals surface area contributed by atoms with Crippen molar-refractivity contribution in [1.29, 1.82) is 0 Å². The molecule has 0 spiro atoms. The molecular formula is C5H7Cl2NO2S. The van der Waals surface area contributed by atoms with Gasteiger partial charge >= 0.3 is 5.97 Å². The van der Waals surface area contributed by atoms with E-state index in [1.807, 2.05) is 0 Å². The summed E-state index contributed by atoms with van der Waals surface area (Å²) in [5.74, 6) is -0.322. The van der Waals surface area contributed by atoms with Gasteiger partial charge in [-0.25, -0.2) is 4.79 Å². The SMILES string of the molecule is COC(=O)c1cncs1.Cl.Cl. The monoisotopic (exact) mass is 215 g/mol. The van der Waals surface area contributed by atoms with E-state index in [1.165, 1.54) is 24.6 Å². The van der Waals surface area contributed by atoms with E-state index in [0.717, 1.165) is 0 Å². The van der Waals surface area contributed by atoms with Gasteiger partial charge in [-0.2, -0.15) is 0 Å². The number of ether oxygens (including phenoxy) is 1. The second-order valence-corrected chi connectivity index (χ2v) is 2.24. The third-order valence-corrected chi connectivity index (χ3v) is 1.57. The van der Waals surface area contributed by atoms with Crippen molar-refractivity contribution in [3.63, 3.8) is 0 Å². The Morgan fingerprint density at radius 1 is 1.64 bits per heavy atom. The molecule has 0 saturated heterocycles. The van der Waals surface area contributed by atoms with E-state index >= 15 is 0 Å². The van der Waals surface area contributed by atoms with Crippen LogP contribution >= 0.6 is 36.2 Å². The van der Waals surface area contributed by atoms with Gasteiger partial charge in [-0.05, 0) is 0 Å². The summed E-state index contributed by atoms with van der Waals surface area (Å²) in [5.41, 5.74) is 1.59. The van der Waals surface area contributed by atoms with E-state index in [2.05, 4.69) is 9.72 Å². The van der Waals surface area contributed by atoms with Gasteiger partial charge < -0.3 is 4.74 Å². The fourth-order valence-corrected chi connectivity index (χ4v) is 0.954. The first-order valence-electron chi connectivity index (χ1n) is 2.31. The first kappa shape index (κ1) is 13.3. The topological polar surface area (TPSA) is 39.2 Å². The first-order chi connectivity index (χ1) is 4.34. The zero-order valence-corrected chi connectivity index (χ0v) is 8.09. The van der Waals surface area contributed by atoms with Crippen molar-refractivity contribution in [2.24, 2.45) is 0 Å². The van der Waals surface area contributed by atoms with Gasteiger partial charge in [0, 0.05) is 0 Å². The van der Waals surface area contributed by atoms with Gasteiger partial charge in [-0.1, -0.05) is 0 Å². The van der Waals surface area contributed by atoms with Gasteiger partial charge in [-0.15, -0.1) is 36.2 Å². The number of halogens is 2. The van der Waals surface area contributed by atoms with Gasteiger partial charge in [-0.3, -0.25) is 4.98 Å². The lowest BCUT2D eigenvalue weighted by molar-refractivity contribution is 0.0606. The van der Waals surface area contributed by atoms with E-state index in [4.69, 9.17) is 0 Å². The molecule has 0 aromatic carbocycles. The zero-order chi connectivity index (χ0) is 6.69. The molecule has 0 unspecified atom stereocenters. The molecule has 0 amide bonds. The summed E-state index contributed by atoms with van der Waals surface area (Å²) in [7, 11) is 1.35. The van der Waals surface area contributed by atoms with Crippen molar-refractivity contribution in [3.05, 3.63) is 16.6 Å². The second-order valence-electron chi connectivity index (χ2n) is 1.36. The maximum Gasteiger partial charge on any atom is 0.349 e. The Morgan fingerprint density at radius 2 is 2.27 bits per heavy atom. The number of rotatable bonds is 1. The average Bonchev–Trinajstić information content (AvgIpc) is 2.37. The maximum absolute atomic E-state index is 10.6. The normalized spacial score (nSPS) is 7.36. The molecule has 0 bridgehead atoms. The van der Waals surface area contributed by atoms with Crippen LogP contribution in [-0.2, 0) is 4.74 Å². The number of carbonyl (C=O) groups is 1. The van der Waals surface area contributed by atoms with Crippen molar-refractivity contribution in [2.45, 2.75) is 0 Å². The van der Waals surface area contributed by atoms with Crippen LogP contribution in [0.1, 0.15) is 9.67 Å². The van der Waals surface area contributed by atoms with E-state index in [-0.39, 0.29) is 30.8 Å². The van der Waals surface area contributed by atoms with Crippen LogP contribution in [0.15, 0.2) is 11.7 Å². The van der Waals surface area contributed by atoms with E-state index in [1.54, 1.807) is 5.51 Å². The fourth-order valence-electron chi connectivity index (χ4n) is 0.417. The van der Waals surface area contributed by atoms with Gasteiger partial charge in [0.15, 0.2) is 0 Å². The summed E-state index contributed by atoms with van der Waals surface area (Å²) in [6.45, 7) is 0. The molecule has 6 heteroatoms. The summed E-state index contributed by atoms with van der Waals surface area (Å²) in [6, 6.07) is 0. The lowest BCUT2D eigenvalue weighted by Gasteiger charge is -1.89. The molecule has 0 aliphatic heterocycles. The quantitative estimate of drug-likeness (QED) is 0.671. The molecule has 1 rings (SSSR count). The molecule has 1 heterocycles. The average molecular weight is 216 g/mol. The molecule has 3 nitrogen and oxygen atoms in total. The van der Waals surface area contributed by atoms with Gasteiger partial charge in [0.2, 0.25) is 0 Å². The first-order valence-corrected chi connectivity index (χ1v) is 3.19. The molecule has 1 aromatic heterocycles. The summed E-state index contributed by atoms with van der Waals surface area (Å²) >= 11 is 1.27. The Bertz CT molecular complexity index is 202. The van der Waals surface area contributed by atoms with Crippen LogP contribution < -0.4 is 0 Å². The summed E-state index contributed by atoms with van der Waals surface area (Å²) in [5, 5.41) is 0. The highest BCUT2D eigenvalue weighted by molar-refractivity contribution is 7.11. The number of thiazole rings is 1. The molecule has 64 valence electrons. The summed E-state index contributed by atoms with van der Waals surface area (Å²) in [4.78, 5) is 14.9. The lowest BCUT2D eigenvalue weighted by atomic mass is 10.6. The van der Waals surface area contributed by atoms with Crippen molar-refractivity contribution in [1.82, 2.24) is 4.98 Å². The second kappa shape index (κ2) is 6.39. The van der Waals surface area contributed by atoms with Crippen molar-refractivity contribution in [3.8, 4) is 0 Å². The Balaban J connectivity index is 0. The molecule has 0 saturated carbocycles. The van der Waals surface area contributed by atoms with E-state index in [9.17, 15) is 4.79 Å². The third kappa shape index (κ3) is 3.55.